The molecular formula is C18H22N4S. The highest BCUT2D eigenvalue weighted by Gasteiger charge is 2.14. The standard InChI is InChI=1S/C18H22N4S/c1-11(2)22(5)18-20-15-8-9-23-16(15)17(21-18)19-14-7-6-12(3)10-13(14)4/h6-11H,1-5H3,(H,19,20,21). The number of benzene rings is 1. The van der Waals surface area contributed by atoms with E-state index in [-0.39, 0.29) is 0 Å². The zero-order valence-electron chi connectivity index (χ0n) is 14.2. The van der Waals surface area contributed by atoms with Gasteiger partial charge in [0.1, 0.15) is 0 Å². The summed E-state index contributed by atoms with van der Waals surface area (Å²) in [4.78, 5) is 11.5. The molecule has 0 aliphatic heterocycles. The Bertz CT molecular complexity index is 838. The first kappa shape index (κ1) is 15.7. The lowest BCUT2D eigenvalue weighted by Crippen LogP contribution is -2.27. The molecule has 0 aliphatic carbocycles. The van der Waals surface area contributed by atoms with Gasteiger partial charge in [-0.1, -0.05) is 17.7 Å². The lowest BCUT2D eigenvalue weighted by Gasteiger charge is -2.22. The van der Waals surface area contributed by atoms with Crippen LogP contribution in [0.5, 0.6) is 0 Å². The van der Waals surface area contributed by atoms with Crippen molar-refractivity contribution in [1.82, 2.24) is 9.97 Å². The van der Waals surface area contributed by atoms with Crippen LogP contribution in [0.3, 0.4) is 0 Å². The summed E-state index contributed by atoms with van der Waals surface area (Å²) in [5.74, 6) is 1.62. The van der Waals surface area contributed by atoms with Crippen molar-refractivity contribution in [3.8, 4) is 0 Å². The second kappa shape index (κ2) is 6.16. The molecule has 2 aromatic heterocycles. The van der Waals surface area contributed by atoms with E-state index in [0.717, 1.165) is 27.7 Å². The summed E-state index contributed by atoms with van der Waals surface area (Å²) < 4.78 is 1.09. The van der Waals surface area contributed by atoms with E-state index in [2.05, 4.69) is 66.5 Å². The molecule has 0 aliphatic rings. The third-order valence-electron chi connectivity index (χ3n) is 4.02. The SMILES string of the molecule is Cc1ccc(Nc2nc(N(C)C(C)C)nc3ccsc23)c(C)c1. The second-order valence-electron chi connectivity index (χ2n) is 6.16. The molecular weight excluding hydrogens is 304 g/mol. The topological polar surface area (TPSA) is 41.1 Å². The molecule has 5 heteroatoms. The van der Waals surface area contributed by atoms with Crippen LogP contribution in [-0.2, 0) is 0 Å². The van der Waals surface area contributed by atoms with Gasteiger partial charge in [-0.2, -0.15) is 4.98 Å². The number of aryl methyl sites for hydroxylation is 2. The third kappa shape index (κ3) is 3.15. The number of fused-ring (bicyclic) bond motifs is 1. The number of anilines is 3. The van der Waals surface area contributed by atoms with Gasteiger partial charge in [0, 0.05) is 18.8 Å². The highest BCUT2D eigenvalue weighted by atomic mass is 32.1. The van der Waals surface area contributed by atoms with Gasteiger partial charge >= 0.3 is 0 Å². The number of thiophene rings is 1. The third-order valence-corrected chi connectivity index (χ3v) is 4.93. The van der Waals surface area contributed by atoms with Gasteiger partial charge in [-0.05, 0) is 50.8 Å². The van der Waals surface area contributed by atoms with Gasteiger partial charge in [0.05, 0.1) is 10.2 Å². The highest BCUT2D eigenvalue weighted by molar-refractivity contribution is 7.17. The average Bonchev–Trinajstić information content (AvgIpc) is 2.97. The molecule has 0 spiro atoms. The van der Waals surface area contributed by atoms with Crippen LogP contribution in [0.1, 0.15) is 25.0 Å². The van der Waals surface area contributed by atoms with Gasteiger partial charge in [0.2, 0.25) is 5.95 Å². The molecule has 1 aromatic carbocycles. The van der Waals surface area contributed by atoms with E-state index in [0.29, 0.717) is 6.04 Å². The Kier molecular flexibility index (Phi) is 4.22. The quantitative estimate of drug-likeness (QED) is 0.740. The predicted molar refractivity (Wildman–Crippen MR) is 100 cm³/mol. The average molecular weight is 326 g/mol. The fourth-order valence-electron chi connectivity index (χ4n) is 2.41. The van der Waals surface area contributed by atoms with E-state index in [1.807, 2.05) is 13.1 Å². The maximum Gasteiger partial charge on any atom is 0.227 e. The van der Waals surface area contributed by atoms with E-state index in [1.165, 1.54) is 11.1 Å². The molecule has 3 rings (SSSR count). The molecule has 0 bridgehead atoms. The van der Waals surface area contributed by atoms with E-state index in [4.69, 9.17) is 4.98 Å². The maximum atomic E-state index is 4.77. The number of nitrogens with one attached hydrogen (secondary N) is 1. The van der Waals surface area contributed by atoms with Crippen molar-refractivity contribution >= 4 is 39.0 Å². The minimum atomic E-state index is 0.347. The Morgan fingerprint density at radius 1 is 1.13 bits per heavy atom. The van der Waals surface area contributed by atoms with Crippen molar-refractivity contribution in [2.24, 2.45) is 0 Å². The zero-order valence-corrected chi connectivity index (χ0v) is 15.0. The van der Waals surface area contributed by atoms with E-state index in [9.17, 15) is 0 Å². The number of nitrogens with zero attached hydrogens (tertiary/aromatic N) is 3. The Balaban J connectivity index is 2.06. The van der Waals surface area contributed by atoms with E-state index < -0.39 is 0 Å². The van der Waals surface area contributed by atoms with Gasteiger partial charge in [-0.25, -0.2) is 4.98 Å². The molecule has 2 heterocycles. The van der Waals surface area contributed by atoms with Crippen molar-refractivity contribution in [3.05, 3.63) is 40.8 Å². The first-order chi connectivity index (χ1) is 11.0. The normalized spacial score (nSPS) is 11.2. The summed E-state index contributed by atoms with van der Waals surface area (Å²) >= 11 is 1.66. The maximum absolute atomic E-state index is 4.77. The molecule has 0 radical (unpaired) electrons. The molecule has 0 saturated heterocycles. The summed E-state index contributed by atoms with van der Waals surface area (Å²) in [7, 11) is 2.03. The first-order valence-corrected chi connectivity index (χ1v) is 8.66. The van der Waals surface area contributed by atoms with Gasteiger partial charge in [0.25, 0.3) is 0 Å². The summed E-state index contributed by atoms with van der Waals surface area (Å²) in [5.41, 5.74) is 4.55. The number of rotatable bonds is 4. The van der Waals surface area contributed by atoms with Gasteiger partial charge in [-0.15, -0.1) is 11.3 Å². The molecule has 1 N–H and O–H groups in total. The van der Waals surface area contributed by atoms with Crippen molar-refractivity contribution in [3.63, 3.8) is 0 Å². The lowest BCUT2D eigenvalue weighted by atomic mass is 10.1. The fourth-order valence-corrected chi connectivity index (χ4v) is 3.18. The van der Waals surface area contributed by atoms with E-state index in [1.54, 1.807) is 11.3 Å². The largest absolute Gasteiger partial charge is 0.341 e. The predicted octanol–water partition coefficient (Wildman–Crippen LogP) is 4.90. The van der Waals surface area contributed by atoms with Crippen LogP contribution in [0.2, 0.25) is 0 Å². The fraction of sp³-hybridized carbons (Fsp3) is 0.333. The van der Waals surface area contributed by atoms with Crippen LogP contribution in [0.15, 0.2) is 29.6 Å². The Labute approximate surface area is 141 Å². The number of aromatic nitrogens is 2. The van der Waals surface area contributed by atoms with Crippen molar-refractivity contribution in [2.45, 2.75) is 33.7 Å². The summed E-state index contributed by atoms with van der Waals surface area (Å²) in [5, 5.41) is 5.56. The Hall–Kier alpha value is -2.14. The van der Waals surface area contributed by atoms with E-state index >= 15 is 0 Å². The zero-order chi connectivity index (χ0) is 16.6. The molecule has 3 aromatic rings. The smallest absolute Gasteiger partial charge is 0.227 e. The lowest BCUT2D eigenvalue weighted by molar-refractivity contribution is 0.732. The summed E-state index contributed by atoms with van der Waals surface area (Å²) in [6, 6.07) is 8.80. The molecule has 120 valence electrons. The van der Waals surface area contributed by atoms with Gasteiger partial charge in [-0.3, -0.25) is 0 Å². The van der Waals surface area contributed by atoms with Crippen LogP contribution >= 0.6 is 11.3 Å². The van der Waals surface area contributed by atoms with Crippen LogP contribution in [0.25, 0.3) is 10.2 Å². The summed E-state index contributed by atoms with van der Waals surface area (Å²) in [6.07, 6.45) is 0. The number of hydrogen-bond donors (Lipinski definition) is 1. The molecule has 0 atom stereocenters. The minimum absolute atomic E-state index is 0.347. The van der Waals surface area contributed by atoms with Crippen LogP contribution in [0, 0.1) is 13.8 Å². The molecule has 23 heavy (non-hydrogen) atoms. The molecule has 0 fully saturated rings. The van der Waals surface area contributed by atoms with Crippen LogP contribution < -0.4 is 10.2 Å². The Morgan fingerprint density at radius 2 is 1.91 bits per heavy atom. The molecule has 0 amide bonds. The van der Waals surface area contributed by atoms with Crippen molar-refractivity contribution in [1.29, 1.82) is 0 Å². The molecule has 4 nitrogen and oxygen atoms in total. The van der Waals surface area contributed by atoms with Crippen LogP contribution in [0.4, 0.5) is 17.5 Å². The van der Waals surface area contributed by atoms with Gasteiger partial charge < -0.3 is 10.2 Å². The molecule has 0 unspecified atom stereocenters. The highest BCUT2D eigenvalue weighted by Crippen LogP contribution is 2.31. The minimum Gasteiger partial charge on any atom is -0.341 e. The van der Waals surface area contributed by atoms with Crippen LogP contribution in [-0.4, -0.2) is 23.1 Å². The van der Waals surface area contributed by atoms with Crippen molar-refractivity contribution in [2.75, 3.05) is 17.3 Å². The molecule has 0 saturated carbocycles. The second-order valence-corrected chi connectivity index (χ2v) is 7.07. The summed E-state index contributed by atoms with van der Waals surface area (Å²) in [6.45, 7) is 8.49. The van der Waals surface area contributed by atoms with Gasteiger partial charge in [0.15, 0.2) is 5.82 Å². The number of hydrogen-bond acceptors (Lipinski definition) is 5. The monoisotopic (exact) mass is 326 g/mol. The van der Waals surface area contributed by atoms with Crippen molar-refractivity contribution < 1.29 is 0 Å². The Morgan fingerprint density at radius 3 is 2.61 bits per heavy atom. The first-order valence-electron chi connectivity index (χ1n) is 7.78.